The first-order chi connectivity index (χ1) is 11.7. The largest absolute Gasteiger partial charge is 0.495 e. The Labute approximate surface area is 145 Å². The fraction of sp³-hybridized carbons (Fsp3) is 0.632. The fourth-order valence-corrected chi connectivity index (χ4v) is 3.81. The molecule has 2 unspecified atom stereocenters. The lowest BCUT2D eigenvalue weighted by molar-refractivity contribution is 0.270. The van der Waals surface area contributed by atoms with E-state index in [-0.39, 0.29) is 0 Å². The van der Waals surface area contributed by atoms with Crippen LogP contribution >= 0.6 is 0 Å². The Balaban J connectivity index is 1.55. The predicted octanol–water partition coefficient (Wildman–Crippen LogP) is 2.57. The number of nitrogens with zero attached hydrogens (tertiary/aromatic N) is 3. The zero-order valence-corrected chi connectivity index (χ0v) is 14.9. The summed E-state index contributed by atoms with van der Waals surface area (Å²) in [7, 11) is 1.73. The van der Waals surface area contributed by atoms with Gasteiger partial charge >= 0.3 is 0 Å². The molecule has 3 rings (SSSR count). The van der Waals surface area contributed by atoms with E-state index < -0.39 is 0 Å². The minimum atomic E-state index is 0.565. The zero-order chi connectivity index (χ0) is 16.9. The second kappa shape index (κ2) is 7.77. The third-order valence-corrected chi connectivity index (χ3v) is 5.20. The van der Waals surface area contributed by atoms with E-state index in [1.165, 1.54) is 18.5 Å². The Hall–Kier alpha value is -1.91. The highest BCUT2D eigenvalue weighted by Crippen LogP contribution is 2.32. The summed E-state index contributed by atoms with van der Waals surface area (Å²) in [5.41, 5.74) is 7.41. The number of aliphatic imine (C=N–C) groups is 1. The van der Waals surface area contributed by atoms with Gasteiger partial charge in [-0.05, 0) is 43.2 Å². The first-order valence-electron chi connectivity index (χ1n) is 9.10. The highest BCUT2D eigenvalue weighted by Gasteiger charge is 2.25. The van der Waals surface area contributed by atoms with Crippen molar-refractivity contribution in [2.24, 2.45) is 22.6 Å². The molecule has 132 valence electrons. The molecule has 2 aliphatic rings. The van der Waals surface area contributed by atoms with Gasteiger partial charge in [0.1, 0.15) is 5.75 Å². The smallest absolute Gasteiger partial charge is 0.191 e. The summed E-state index contributed by atoms with van der Waals surface area (Å²) in [6.45, 7) is 7.30. The molecule has 0 spiro atoms. The molecule has 5 heteroatoms. The van der Waals surface area contributed by atoms with Crippen molar-refractivity contribution in [2.45, 2.75) is 26.2 Å². The quantitative estimate of drug-likeness (QED) is 0.681. The Bertz CT molecular complexity index is 574. The molecular weight excluding hydrogens is 300 g/mol. The van der Waals surface area contributed by atoms with Crippen molar-refractivity contribution < 1.29 is 4.74 Å². The van der Waals surface area contributed by atoms with Gasteiger partial charge in [-0.1, -0.05) is 19.1 Å². The Morgan fingerprint density at radius 3 is 2.88 bits per heavy atom. The first kappa shape index (κ1) is 16.9. The molecule has 2 atom stereocenters. The van der Waals surface area contributed by atoms with Crippen LogP contribution < -0.4 is 15.4 Å². The van der Waals surface area contributed by atoms with E-state index in [1.54, 1.807) is 7.11 Å². The number of nitrogens with two attached hydrogens (primary N) is 1. The number of hydrogen-bond acceptors (Lipinski definition) is 3. The van der Waals surface area contributed by atoms with Crippen LogP contribution in [0.25, 0.3) is 0 Å². The Kier molecular flexibility index (Phi) is 5.48. The Morgan fingerprint density at radius 1 is 1.25 bits per heavy atom. The minimum Gasteiger partial charge on any atom is -0.495 e. The van der Waals surface area contributed by atoms with E-state index in [0.29, 0.717) is 5.92 Å². The zero-order valence-electron chi connectivity index (χ0n) is 14.9. The van der Waals surface area contributed by atoms with Crippen molar-refractivity contribution in [3.05, 3.63) is 24.3 Å². The number of rotatable bonds is 4. The highest BCUT2D eigenvalue weighted by atomic mass is 16.5. The van der Waals surface area contributed by atoms with Gasteiger partial charge < -0.3 is 20.3 Å². The van der Waals surface area contributed by atoms with Crippen molar-refractivity contribution >= 4 is 11.6 Å². The molecule has 5 nitrogen and oxygen atoms in total. The summed E-state index contributed by atoms with van der Waals surface area (Å²) < 4.78 is 5.48. The van der Waals surface area contributed by atoms with Gasteiger partial charge in [-0.15, -0.1) is 0 Å². The summed E-state index contributed by atoms with van der Waals surface area (Å²) in [4.78, 5) is 9.35. The van der Waals surface area contributed by atoms with Crippen molar-refractivity contribution in [1.29, 1.82) is 0 Å². The average molecular weight is 330 g/mol. The molecule has 1 aromatic rings. The molecule has 2 aliphatic heterocycles. The van der Waals surface area contributed by atoms with Gasteiger partial charge in [-0.2, -0.15) is 0 Å². The highest BCUT2D eigenvalue weighted by molar-refractivity contribution is 5.78. The van der Waals surface area contributed by atoms with Gasteiger partial charge in [0.15, 0.2) is 5.96 Å². The van der Waals surface area contributed by atoms with Gasteiger partial charge in [0.2, 0.25) is 0 Å². The molecule has 0 amide bonds. The summed E-state index contributed by atoms with van der Waals surface area (Å²) in [5, 5.41) is 0. The fourth-order valence-electron chi connectivity index (χ4n) is 3.81. The van der Waals surface area contributed by atoms with E-state index in [1.807, 2.05) is 12.1 Å². The topological polar surface area (TPSA) is 54.1 Å². The molecule has 0 aliphatic carbocycles. The normalized spacial score (nSPS) is 25.2. The van der Waals surface area contributed by atoms with E-state index in [0.717, 1.165) is 56.8 Å². The maximum atomic E-state index is 6.22. The number of benzene rings is 1. The number of ether oxygens (including phenoxy) is 1. The molecule has 1 aromatic carbocycles. The van der Waals surface area contributed by atoms with Gasteiger partial charge in [0, 0.05) is 32.7 Å². The summed E-state index contributed by atoms with van der Waals surface area (Å²) in [6, 6.07) is 8.24. The number of hydrogen-bond donors (Lipinski definition) is 1. The average Bonchev–Trinajstić information content (AvgIpc) is 3.08. The Morgan fingerprint density at radius 2 is 2.08 bits per heavy atom. The molecule has 2 N–H and O–H groups in total. The number of anilines is 1. The van der Waals surface area contributed by atoms with Crippen molar-refractivity contribution in [2.75, 3.05) is 44.7 Å². The summed E-state index contributed by atoms with van der Waals surface area (Å²) >= 11 is 0. The molecule has 24 heavy (non-hydrogen) atoms. The van der Waals surface area contributed by atoms with Crippen LogP contribution in [0.15, 0.2) is 29.3 Å². The summed E-state index contributed by atoms with van der Waals surface area (Å²) in [5.74, 6) is 2.97. The van der Waals surface area contributed by atoms with E-state index in [9.17, 15) is 0 Å². The second-order valence-corrected chi connectivity index (χ2v) is 7.16. The third-order valence-electron chi connectivity index (χ3n) is 5.20. The van der Waals surface area contributed by atoms with Gasteiger partial charge in [-0.25, -0.2) is 0 Å². The molecule has 0 saturated carbocycles. The number of para-hydroxylation sites is 2. The van der Waals surface area contributed by atoms with Crippen molar-refractivity contribution in [1.82, 2.24) is 4.90 Å². The predicted molar refractivity (Wildman–Crippen MR) is 99.8 cm³/mol. The number of methoxy groups -OCH3 is 1. The maximum absolute atomic E-state index is 6.22. The van der Waals surface area contributed by atoms with Gasteiger partial charge in [0.25, 0.3) is 0 Å². The number of likely N-dealkylation sites (tertiary alicyclic amines) is 1. The minimum absolute atomic E-state index is 0.565. The monoisotopic (exact) mass is 330 g/mol. The lowest BCUT2D eigenvalue weighted by Crippen LogP contribution is -2.43. The van der Waals surface area contributed by atoms with Crippen LogP contribution in [0.5, 0.6) is 5.75 Å². The molecule has 2 saturated heterocycles. The van der Waals surface area contributed by atoms with Crippen LogP contribution in [0.2, 0.25) is 0 Å². The molecular formula is C19H30N4O. The van der Waals surface area contributed by atoms with Crippen molar-refractivity contribution in [3.8, 4) is 5.75 Å². The molecule has 0 bridgehead atoms. The molecule has 2 fully saturated rings. The molecule has 0 aromatic heterocycles. The van der Waals surface area contributed by atoms with E-state index in [2.05, 4.69) is 28.9 Å². The van der Waals surface area contributed by atoms with Crippen LogP contribution in [-0.2, 0) is 0 Å². The van der Waals surface area contributed by atoms with Crippen molar-refractivity contribution in [3.63, 3.8) is 0 Å². The molecule has 0 radical (unpaired) electrons. The summed E-state index contributed by atoms with van der Waals surface area (Å²) in [6.07, 6.45) is 3.69. The van der Waals surface area contributed by atoms with Gasteiger partial charge in [-0.3, -0.25) is 4.99 Å². The first-order valence-corrected chi connectivity index (χ1v) is 9.10. The lowest BCUT2D eigenvalue weighted by atomic mass is 10.0. The van der Waals surface area contributed by atoms with Crippen LogP contribution in [0.1, 0.15) is 26.2 Å². The standard InChI is InChI=1S/C19H30N4O/c1-15-6-5-10-23(13-15)19(20)21-12-16-9-11-22(14-16)17-7-3-4-8-18(17)24-2/h3-4,7-8,15-16H,5-6,9-14H2,1-2H3,(H2,20,21). The second-order valence-electron chi connectivity index (χ2n) is 7.16. The van der Waals surface area contributed by atoms with Crippen LogP contribution in [0, 0.1) is 11.8 Å². The van der Waals surface area contributed by atoms with E-state index >= 15 is 0 Å². The van der Waals surface area contributed by atoms with Crippen LogP contribution in [0.4, 0.5) is 5.69 Å². The van der Waals surface area contributed by atoms with Crippen LogP contribution in [-0.4, -0.2) is 50.7 Å². The lowest BCUT2D eigenvalue weighted by Gasteiger charge is -2.31. The van der Waals surface area contributed by atoms with Gasteiger partial charge in [0.05, 0.1) is 12.8 Å². The SMILES string of the molecule is COc1ccccc1N1CCC(CN=C(N)N2CCCC(C)C2)C1. The molecule has 2 heterocycles. The number of guanidine groups is 1. The number of piperidine rings is 1. The van der Waals surface area contributed by atoms with E-state index in [4.69, 9.17) is 15.5 Å². The maximum Gasteiger partial charge on any atom is 0.191 e. The van der Waals surface area contributed by atoms with Crippen LogP contribution in [0.3, 0.4) is 0 Å². The third kappa shape index (κ3) is 3.94.